The minimum absolute atomic E-state index is 0. The quantitative estimate of drug-likeness (QED) is 0.673. The molecular formula is C10H12N2O4Pt. The summed E-state index contributed by atoms with van der Waals surface area (Å²) in [5.41, 5.74) is 0.575. The van der Waals surface area contributed by atoms with Crippen LogP contribution in [0.1, 0.15) is 5.56 Å². The van der Waals surface area contributed by atoms with Gasteiger partial charge in [-0.15, -0.1) is 0 Å². The Morgan fingerprint density at radius 2 is 1.94 bits per heavy atom. The van der Waals surface area contributed by atoms with E-state index in [-0.39, 0.29) is 44.9 Å². The van der Waals surface area contributed by atoms with Crippen molar-refractivity contribution in [3.63, 3.8) is 0 Å². The van der Waals surface area contributed by atoms with Crippen molar-refractivity contribution < 1.29 is 40.8 Å². The van der Waals surface area contributed by atoms with Crippen LogP contribution in [0.15, 0.2) is 24.3 Å². The Labute approximate surface area is 114 Å². The summed E-state index contributed by atoms with van der Waals surface area (Å²) in [5.74, 6) is -1.33. The Bertz CT molecular complexity index is 383. The van der Waals surface area contributed by atoms with Crippen molar-refractivity contribution in [2.24, 2.45) is 0 Å². The summed E-state index contributed by atoms with van der Waals surface area (Å²) in [4.78, 5) is 10.1. The van der Waals surface area contributed by atoms with Gasteiger partial charge in [-0.25, -0.2) is 0 Å². The number of carbonyl (C=O) groups is 1. The molecular weight excluding hydrogens is 407 g/mol. The SMILES string of the molecule is COc1cc(/C=C\C(=O)[O-])ccc1[O-].[NH2-].[NH2-].[Pt+4]. The topological polar surface area (TPSA) is 139 Å². The van der Waals surface area contributed by atoms with Crippen LogP contribution in [-0.2, 0) is 25.9 Å². The van der Waals surface area contributed by atoms with Gasteiger partial charge in [0.15, 0.2) is 0 Å². The number of carboxylic acids is 1. The van der Waals surface area contributed by atoms with Gasteiger partial charge in [-0.05, 0) is 17.7 Å². The van der Waals surface area contributed by atoms with Crippen LogP contribution in [-0.4, -0.2) is 13.1 Å². The Kier molecular flexibility index (Phi) is 12.1. The molecule has 0 aliphatic heterocycles. The fraction of sp³-hybridized carbons (Fsp3) is 0.100. The van der Waals surface area contributed by atoms with Crippen molar-refractivity contribution in [1.82, 2.24) is 0 Å². The van der Waals surface area contributed by atoms with E-state index in [0.717, 1.165) is 6.08 Å². The Morgan fingerprint density at radius 3 is 2.41 bits per heavy atom. The normalized spacial score (nSPS) is 8.53. The van der Waals surface area contributed by atoms with E-state index in [9.17, 15) is 15.0 Å². The number of hydrogen-bond donors (Lipinski definition) is 0. The fourth-order valence-corrected chi connectivity index (χ4v) is 0.952. The molecule has 1 aromatic carbocycles. The first-order chi connectivity index (χ1) is 6.63. The van der Waals surface area contributed by atoms with Crippen molar-refractivity contribution in [3.8, 4) is 11.5 Å². The van der Waals surface area contributed by atoms with Crippen LogP contribution in [0.5, 0.6) is 11.5 Å². The molecule has 17 heavy (non-hydrogen) atoms. The summed E-state index contributed by atoms with van der Waals surface area (Å²) in [6.07, 6.45) is 2.22. The first kappa shape index (κ1) is 21.0. The van der Waals surface area contributed by atoms with E-state index in [4.69, 9.17) is 4.74 Å². The van der Waals surface area contributed by atoms with Gasteiger partial charge in [0, 0.05) is 0 Å². The largest absolute Gasteiger partial charge is 4.00 e. The molecule has 1 aromatic rings. The van der Waals surface area contributed by atoms with Crippen molar-refractivity contribution in [2.45, 2.75) is 0 Å². The summed E-state index contributed by atoms with van der Waals surface area (Å²) in [7, 11) is 1.38. The van der Waals surface area contributed by atoms with Gasteiger partial charge in [0.05, 0.1) is 13.1 Å². The molecule has 0 aromatic heterocycles. The predicted octanol–water partition coefficient (Wildman–Crippen LogP) is 0.964. The second kappa shape index (κ2) is 9.84. The molecule has 0 unspecified atom stereocenters. The summed E-state index contributed by atoms with van der Waals surface area (Å²) in [5, 5.41) is 21.2. The molecule has 4 N–H and O–H groups in total. The molecule has 0 saturated heterocycles. The van der Waals surface area contributed by atoms with Crippen molar-refractivity contribution in [3.05, 3.63) is 42.1 Å². The zero-order valence-electron chi connectivity index (χ0n) is 8.99. The molecule has 0 atom stereocenters. The van der Waals surface area contributed by atoms with Crippen LogP contribution in [0.4, 0.5) is 0 Å². The molecule has 7 heteroatoms. The van der Waals surface area contributed by atoms with Crippen LogP contribution >= 0.6 is 0 Å². The van der Waals surface area contributed by atoms with Crippen LogP contribution < -0.4 is 14.9 Å². The van der Waals surface area contributed by atoms with Gasteiger partial charge in [0.2, 0.25) is 0 Å². The molecule has 0 heterocycles. The Balaban J connectivity index is -0.000000653. The number of aliphatic carboxylic acids is 1. The van der Waals surface area contributed by atoms with Gasteiger partial charge < -0.3 is 32.0 Å². The minimum atomic E-state index is -1.28. The Hall–Kier alpha value is -1.36. The number of hydrogen-bond acceptors (Lipinski definition) is 4. The van der Waals surface area contributed by atoms with E-state index in [1.54, 1.807) is 0 Å². The van der Waals surface area contributed by atoms with Gasteiger partial charge in [-0.1, -0.05) is 24.0 Å². The fourth-order valence-electron chi connectivity index (χ4n) is 0.952. The second-order valence-electron chi connectivity index (χ2n) is 2.56. The predicted molar refractivity (Wildman–Crippen MR) is 57.0 cm³/mol. The zero-order valence-corrected chi connectivity index (χ0v) is 11.3. The third-order valence-corrected chi connectivity index (χ3v) is 1.60. The van der Waals surface area contributed by atoms with Crippen LogP contribution in [0.2, 0.25) is 0 Å². The molecule has 0 aliphatic carbocycles. The van der Waals surface area contributed by atoms with Gasteiger partial charge >= 0.3 is 21.1 Å². The minimum Gasteiger partial charge on any atom is -0.870 e. The number of carboxylic acid groups (broad SMARTS) is 1. The summed E-state index contributed by atoms with van der Waals surface area (Å²) in [6.45, 7) is 0. The third-order valence-electron chi connectivity index (χ3n) is 1.60. The third kappa shape index (κ3) is 6.73. The molecule has 0 bridgehead atoms. The molecule has 0 spiro atoms. The number of benzene rings is 1. The molecule has 6 nitrogen and oxygen atoms in total. The van der Waals surface area contributed by atoms with Crippen LogP contribution in [0.25, 0.3) is 18.4 Å². The smallest absolute Gasteiger partial charge is 0.870 e. The average Bonchev–Trinajstić information content (AvgIpc) is 2.16. The number of methoxy groups -OCH3 is 1. The van der Waals surface area contributed by atoms with Gasteiger partial charge in [0.1, 0.15) is 5.75 Å². The van der Waals surface area contributed by atoms with Gasteiger partial charge in [0.25, 0.3) is 0 Å². The summed E-state index contributed by atoms with van der Waals surface area (Å²) in [6, 6.07) is 4.28. The van der Waals surface area contributed by atoms with Crippen molar-refractivity contribution in [1.29, 1.82) is 0 Å². The molecule has 0 aliphatic rings. The maximum absolute atomic E-state index is 11.1. The van der Waals surface area contributed by atoms with Gasteiger partial charge in [-0.2, -0.15) is 0 Å². The first-order valence-corrected chi connectivity index (χ1v) is 3.87. The van der Waals surface area contributed by atoms with E-state index >= 15 is 0 Å². The molecule has 0 amide bonds. The van der Waals surface area contributed by atoms with Crippen LogP contribution in [0.3, 0.4) is 0 Å². The van der Waals surface area contributed by atoms with E-state index in [1.165, 1.54) is 31.4 Å². The monoisotopic (exact) mass is 419 g/mol. The number of ether oxygens (including phenoxy) is 1. The summed E-state index contributed by atoms with van der Waals surface area (Å²) >= 11 is 0. The van der Waals surface area contributed by atoms with E-state index in [2.05, 4.69) is 0 Å². The molecule has 0 saturated carbocycles. The second-order valence-corrected chi connectivity index (χ2v) is 2.56. The first-order valence-electron chi connectivity index (χ1n) is 3.87. The standard InChI is InChI=1S/C10H10O4.2H2N.Pt/c1-14-9-6-7(2-4-8(9)11)3-5-10(12)13;;;/h2-6,11H,1H3,(H,12,13);2*1H2;/q;2*-1;+4/p-2/b5-3-;;;. The van der Waals surface area contributed by atoms with E-state index < -0.39 is 5.97 Å². The zero-order chi connectivity index (χ0) is 10.6. The molecule has 0 fully saturated rings. The maximum Gasteiger partial charge on any atom is 4.00 e. The Morgan fingerprint density at radius 1 is 1.35 bits per heavy atom. The number of carbonyl (C=O) groups excluding carboxylic acids is 1. The number of nitrogens with two attached hydrogens (primary N) is 2. The number of rotatable bonds is 3. The molecule has 1 rings (SSSR count). The summed E-state index contributed by atoms with van der Waals surface area (Å²) < 4.78 is 4.78. The van der Waals surface area contributed by atoms with E-state index in [0.29, 0.717) is 5.56 Å². The maximum atomic E-state index is 11.1. The van der Waals surface area contributed by atoms with Gasteiger partial charge in [-0.3, -0.25) is 0 Å². The van der Waals surface area contributed by atoms with Crippen LogP contribution in [0, 0.1) is 0 Å². The van der Waals surface area contributed by atoms with E-state index in [1.807, 2.05) is 0 Å². The molecule has 96 valence electrons. The molecule has 0 radical (unpaired) electrons. The average molecular weight is 419 g/mol. The van der Waals surface area contributed by atoms with Crippen molar-refractivity contribution >= 4 is 12.0 Å². The van der Waals surface area contributed by atoms with Crippen molar-refractivity contribution in [2.75, 3.05) is 7.11 Å².